The molecule has 3 amide bonds. The van der Waals surface area contributed by atoms with E-state index < -0.39 is 11.8 Å². The number of rotatable bonds is 1. The second kappa shape index (κ2) is 5.60. The molecule has 2 rings (SSSR count). The van der Waals surface area contributed by atoms with Gasteiger partial charge in [-0.15, -0.1) is 0 Å². The van der Waals surface area contributed by atoms with E-state index >= 15 is 0 Å². The number of nitrogens with zero attached hydrogens (tertiary/aromatic N) is 2. The number of nitrogen functional groups attached to an aromatic ring is 1. The fourth-order valence-corrected chi connectivity index (χ4v) is 2.13. The summed E-state index contributed by atoms with van der Waals surface area (Å²) < 4.78 is 0. The maximum absolute atomic E-state index is 12.3. The van der Waals surface area contributed by atoms with Crippen LogP contribution in [0.3, 0.4) is 0 Å². The van der Waals surface area contributed by atoms with E-state index in [-0.39, 0.29) is 5.91 Å². The van der Waals surface area contributed by atoms with Crippen molar-refractivity contribution < 1.29 is 14.4 Å². The van der Waals surface area contributed by atoms with Gasteiger partial charge in [-0.05, 0) is 12.1 Å². The number of carbonyl (C=O) groups excluding carboxylic acids is 3. The maximum atomic E-state index is 12.3. The molecule has 1 aromatic rings. The molecule has 1 aliphatic rings. The summed E-state index contributed by atoms with van der Waals surface area (Å²) in [6.45, 7) is 1.29. The zero-order chi connectivity index (χ0) is 14.7. The molecule has 0 unspecified atom stereocenters. The molecule has 0 saturated carbocycles. The normalized spacial score (nSPS) is 15.0. The second-order valence-corrected chi connectivity index (χ2v) is 4.54. The summed E-state index contributed by atoms with van der Waals surface area (Å²) in [7, 11) is 0. The number of para-hydroxylation sites is 1. The molecular formula is C13H16N4O3. The molecule has 0 spiro atoms. The minimum Gasteiger partial charge on any atom is -0.398 e. The lowest BCUT2D eigenvalue weighted by atomic mass is 10.1. The number of carbonyl (C=O) groups is 3. The molecule has 0 atom stereocenters. The predicted octanol–water partition coefficient (Wildman–Crippen LogP) is -0.961. The van der Waals surface area contributed by atoms with Crippen LogP contribution < -0.4 is 11.5 Å². The van der Waals surface area contributed by atoms with Gasteiger partial charge in [0.1, 0.15) is 0 Å². The van der Waals surface area contributed by atoms with E-state index in [9.17, 15) is 14.4 Å². The molecule has 4 N–H and O–H groups in total. The molecule has 0 radical (unpaired) electrons. The van der Waals surface area contributed by atoms with Crippen LogP contribution in [0.4, 0.5) is 5.69 Å². The van der Waals surface area contributed by atoms with Crippen molar-refractivity contribution in [3.8, 4) is 0 Å². The highest BCUT2D eigenvalue weighted by molar-refractivity contribution is 6.34. The standard InChI is InChI=1S/C13H16N4O3/c14-10-4-2-1-3-9(10)12(19)16-5-7-17(8-6-16)13(20)11(15)18/h1-4H,5-8,14H2,(H2,15,18). The second-order valence-electron chi connectivity index (χ2n) is 4.54. The molecule has 0 aromatic heterocycles. The molecule has 1 fully saturated rings. The average Bonchev–Trinajstić information content (AvgIpc) is 2.46. The Hall–Kier alpha value is -2.57. The molecule has 20 heavy (non-hydrogen) atoms. The van der Waals surface area contributed by atoms with Crippen molar-refractivity contribution in [2.45, 2.75) is 0 Å². The van der Waals surface area contributed by atoms with Gasteiger partial charge in [0, 0.05) is 31.9 Å². The smallest absolute Gasteiger partial charge is 0.311 e. The van der Waals surface area contributed by atoms with E-state index in [4.69, 9.17) is 11.5 Å². The zero-order valence-corrected chi connectivity index (χ0v) is 10.9. The number of hydrogen-bond donors (Lipinski definition) is 2. The van der Waals surface area contributed by atoms with E-state index in [1.54, 1.807) is 29.2 Å². The first-order valence-electron chi connectivity index (χ1n) is 6.23. The van der Waals surface area contributed by atoms with Crippen molar-refractivity contribution in [1.82, 2.24) is 9.80 Å². The molecule has 1 heterocycles. The fourth-order valence-electron chi connectivity index (χ4n) is 2.13. The molecule has 0 aliphatic carbocycles. The molecule has 106 valence electrons. The number of anilines is 1. The van der Waals surface area contributed by atoms with Gasteiger partial charge in [-0.2, -0.15) is 0 Å². The third kappa shape index (κ3) is 2.71. The minimum absolute atomic E-state index is 0.172. The molecule has 7 nitrogen and oxygen atoms in total. The van der Waals surface area contributed by atoms with Crippen molar-refractivity contribution in [3.63, 3.8) is 0 Å². The van der Waals surface area contributed by atoms with Crippen LogP contribution in [0.2, 0.25) is 0 Å². The summed E-state index contributed by atoms with van der Waals surface area (Å²) >= 11 is 0. The molecule has 1 aromatic carbocycles. The molecule has 0 bridgehead atoms. The summed E-state index contributed by atoms with van der Waals surface area (Å²) in [5.74, 6) is -1.86. The van der Waals surface area contributed by atoms with Crippen molar-refractivity contribution >= 4 is 23.4 Å². The molecule has 1 saturated heterocycles. The number of benzene rings is 1. The van der Waals surface area contributed by atoms with Gasteiger partial charge in [0.2, 0.25) is 0 Å². The van der Waals surface area contributed by atoms with Gasteiger partial charge in [-0.25, -0.2) is 0 Å². The lowest BCUT2D eigenvalue weighted by Crippen LogP contribution is -2.53. The third-order valence-electron chi connectivity index (χ3n) is 3.26. The lowest BCUT2D eigenvalue weighted by Gasteiger charge is -2.34. The SMILES string of the molecule is NC(=O)C(=O)N1CCN(C(=O)c2ccccc2N)CC1. The lowest BCUT2D eigenvalue weighted by molar-refractivity contribution is -0.145. The Morgan fingerprint density at radius 1 is 0.950 bits per heavy atom. The van der Waals surface area contributed by atoms with Crippen LogP contribution in [0.25, 0.3) is 0 Å². The van der Waals surface area contributed by atoms with Crippen molar-refractivity contribution in [3.05, 3.63) is 29.8 Å². The van der Waals surface area contributed by atoms with Gasteiger partial charge in [-0.3, -0.25) is 14.4 Å². The summed E-state index contributed by atoms with van der Waals surface area (Å²) in [6.07, 6.45) is 0. The van der Waals surface area contributed by atoms with E-state index in [2.05, 4.69) is 0 Å². The van der Waals surface area contributed by atoms with Crippen molar-refractivity contribution in [1.29, 1.82) is 0 Å². The Morgan fingerprint density at radius 3 is 2.05 bits per heavy atom. The first kappa shape index (κ1) is 13.9. The van der Waals surface area contributed by atoms with Crippen LogP contribution in [-0.2, 0) is 9.59 Å². The van der Waals surface area contributed by atoms with Gasteiger partial charge >= 0.3 is 11.8 Å². The summed E-state index contributed by atoms with van der Waals surface area (Å²) in [5.41, 5.74) is 11.6. The number of piperazine rings is 1. The monoisotopic (exact) mass is 276 g/mol. The topological polar surface area (TPSA) is 110 Å². The minimum atomic E-state index is -0.975. The zero-order valence-electron chi connectivity index (χ0n) is 10.9. The maximum Gasteiger partial charge on any atom is 0.311 e. The third-order valence-corrected chi connectivity index (χ3v) is 3.26. The number of amides is 3. The van der Waals surface area contributed by atoms with Gasteiger partial charge in [-0.1, -0.05) is 12.1 Å². The highest BCUT2D eigenvalue weighted by atomic mass is 16.2. The Morgan fingerprint density at radius 2 is 1.50 bits per heavy atom. The van der Waals surface area contributed by atoms with Gasteiger partial charge in [0.15, 0.2) is 0 Å². The van der Waals surface area contributed by atoms with E-state index in [0.29, 0.717) is 37.4 Å². The first-order valence-corrected chi connectivity index (χ1v) is 6.23. The quantitative estimate of drug-likeness (QED) is 0.508. The van der Waals surface area contributed by atoms with Crippen LogP contribution in [0.5, 0.6) is 0 Å². The highest BCUT2D eigenvalue weighted by Crippen LogP contribution is 2.15. The number of hydrogen-bond acceptors (Lipinski definition) is 4. The van der Waals surface area contributed by atoms with E-state index in [0.717, 1.165) is 0 Å². The summed E-state index contributed by atoms with van der Waals surface area (Å²) in [6, 6.07) is 6.84. The van der Waals surface area contributed by atoms with Crippen LogP contribution in [0.1, 0.15) is 10.4 Å². The fraction of sp³-hybridized carbons (Fsp3) is 0.308. The first-order chi connectivity index (χ1) is 9.50. The number of nitrogens with two attached hydrogens (primary N) is 2. The van der Waals surface area contributed by atoms with Crippen LogP contribution >= 0.6 is 0 Å². The Bertz CT molecular complexity index is 550. The predicted molar refractivity (Wildman–Crippen MR) is 72.5 cm³/mol. The Labute approximate surface area is 116 Å². The Kier molecular flexibility index (Phi) is 3.88. The van der Waals surface area contributed by atoms with Crippen LogP contribution in [-0.4, -0.2) is 53.7 Å². The Balaban J connectivity index is 2.01. The van der Waals surface area contributed by atoms with Crippen LogP contribution in [0.15, 0.2) is 24.3 Å². The highest BCUT2D eigenvalue weighted by Gasteiger charge is 2.27. The van der Waals surface area contributed by atoms with Gasteiger partial charge < -0.3 is 21.3 Å². The van der Waals surface area contributed by atoms with E-state index in [1.165, 1.54) is 4.90 Å². The molecular weight excluding hydrogens is 260 g/mol. The van der Waals surface area contributed by atoms with Gasteiger partial charge in [0.25, 0.3) is 5.91 Å². The molecule has 1 aliphatic heterocycles. The van der Waals surface area contributed by atoms with Gasteiger partial charge in [0.05, 0.1) is 5.56 Å². The number of primary amides is 1. The van der Waals surface area contributed by atoms with Crippen LogP contribution in [0, 0.1) is 0 Å². The van der Waals surface area contributed by atoms with E-state index in [1.807, 2.05) is 0 Å². The van der Waals surface area contributed by atoms with Crippen molar-refractivity contribution in [2.24, 2.45) is 5.73 Å². The summed E-state index contributed by atoms with van der Waals surface area (Å²) in [5, 5.41) is 0. The average molecular weight is 276 g/mol. The summed E-state index contributed by atoms with van der Waals surface area (Å²) in [4.78, 5) is 37.5. The molecule has 7 heteroatoms. The largest absolute Gasteiger partial charge is 0.398 e. The van der Waals surface area contributed by atoms with Crippen molar-refractivity contribution in [2.75, 3.05) is 31.9 Å².